The highest BCUT2D eigenvalue weighted by molar-refractivity contribution is 6.68. The number of piperazine rings is 1. The minimum absolute atomic E-state index is 0.0532. The number of halogens is 6. The standard InChI is InChI=1S/C13H16Cl6N2O3/c1-6(12(14,15)16)5-8-9(22)21(4)11(24,10(23)20(8)3)7(2)13(17,18)19/h5-7,24H,1-4H3/b8-5-/t6-,7-,11+/m0/s1. The summed E-state index contributed by atoms with van der Waals surface area (Å²) in [4.78, 5) is 27.1. The molecule has 11 heteroatoms. The summed E-state index contributed by atoms with van der Waals surface area (Å²) in [6, 6.07) is 0. The van der Waals surface area contributed by atoms with Gasteiger partial charge in [-0.3, -0.25) is 9.59 Å². The number of nitrogens with zero attached hydrogens (tertiary/aromatic N) is 2. The van der Waals surface area contributed by atoms with Crippen LogP contribution in [0.1, 0.15) is 13.8 Å². The Balaban J connectivity index is 3.37. The summed E-state index contributed by atoms with van der Waals surface area (Å²) in [5, 5.41) is 10.8. The van der Waals surface area contributed by atoms with Crippen molar-refractivity contribution in [2.24, 2.45) is 11.8 Å². The Kier molecular flexibility index (Phi) is 6.71. The molecular formula is C13H16Cl6N2O3. The fourth-order valence-corrected chi connectivity index (χ4v) is 2.83. The summed E-state index contributed by atoms with van der Waals surface area (Å²) in [5.41, 5.74) is -2.39. The Morgan fingerprint density at radius 3 is 1.88 bits per heavy atom. The van der Waals surface area contributed by atoms with Crippen LogP contribution < -0.4 is 0 Å². The smallest absolute Gasteiger partial charge is 0.280 e. The number of likely N-dealkylation sites (N-methyl/N-ethyl adjacent to an activating group) is 2. The number of carbonyl (C=O) groups excluding carboxylic acids is 2. The van der Waals surface area contributed by atoms with Gasteiger partial charge in [-0.05, 0) is 6.08 Å². The van der Waals surface area contributed by atoms with Crippen molar-refractivity contribution in [3.05, 3.63) is 11.8 Å². The molecule has 0 bridgehead atoms. The van der Waals surface area contributed by atoms with Crippen LogP contribution in [0.2, 0.25) is 0 Å². The first-order valence-electron chi connectivity index (χ1n) is 6.70. The zero-order valence-corrected chi connectivity index (χ0v) is 17.7. The molecule has 138 valence electrons. The molecule has 1 aliphatic rings. The lowest BCUT2D eigenvalue weighted by molar-refractivity contribution is -0.194. The molecule has 1 rings (SSSR count). The molecule has 2 amide bonds. The first-order chi connectivity index (χ1) is 10.6. The van der Waals surface area contributed by atoms with Crippen molar-refractivity contribution in [1.82, 2.24) is 9.80 Å². The van der Waals surface area contributed by atoms with Crippen molar-refractivity contribution in [2.45, 2.75) is 27.2 Å². The Bertz CT molecular complexity index is 571. The van der Waals surface area contributed by atoms with E-state index in [1.807, 2.05) is 0 Å². The van der Waals surface area contributed by atoms with Crippen LogP contribution >= 0.6 is 69.6 Å². The molecule has 0 unspecified atom stereocenters. The van der Waals surface area contributed by atoms with Gasteiger partial charge in [-0.25, -0.2) is 0 Å². The van der Waals surface area contributed by atoms with Gasteiger partial charge in [0.05, 0.1) is 5.92 Å². The van der Waals surface area contributed by atoms with Crippen LogP contribution in [0, 0.1) is 11.8 Å². The highest BCUT2D eigenvalue weighted by Crippen LogP contribution is 2.45. The number of aliphatic hydroxyl groups is 1. The topological polar surface area (TPSA) is 60.9 Å². The molecule has 3 atom stereocenters. The molecular weight excluding hydrogens is 445 g/mol. The summed E-state index contributed by atoms with van der Waals surface area (Å²) in [6.07, 6.45) is 1.34. The lowest BCUT2D eigenvalue weighted by Gasteiger charge is -2.48. The van der Waals surface area contributed by atoms with Gasteiger partial charge in [-0.2, -0.15) is 0 Å². The van der Waals surface area contributed by atoms with Gasteiger partial charge in [-0.1, -0.05) is 83.5 Å². The van der Waals surface area contributed by atoms with Crippen molar-refractivity contribution in [3.63, 3.8) is 0 Å². The van der Waals surface area contributed by atoms with E-state index < -0.39 is 37.0 Å². The van der Waals surface area contributed by atoms with Crippen molar-refractivity contribution < 1.29 is 14.7 Å². The van der Waals surface area contributed by atoms with E-state index in [-0.39, 0.29) is 5.70 Å². The van der Waals surface area contributed by atoms with Crippen LogP contribution in [-0.4, -0.2) is 54.1 Å². The highest BCUT2D eigenvalue weighted by Gasteiger charge is 2.59. The molecule has 0 spiro atoms. The van der Waals surface area contributed by atoms with Crippen LogP contribution in [0.5, 0.6) is 0 Å². The van der Waals surface area contributed by atoms with Crippen LogP contribution in [0.4, 0.5) is 0 Å². The average molecular weight is 461 g/mol. The first kappa shape index (κ1) is 22.4. The highest BCUT2D eigenvalue weighted by atomic mass is 35.6. The van der Waals surface area contributed by atoms with Crippen molar-refractivity contribution in [1.29, 1.82) is 0 Å². The van der Waals surface area contributed by atoms with Gasteiger partial charge in [0.1, 0.15) is 5.70 Å². The van der Waals surface area contributed by atoms with Crippen LogP contribution in [0.25, 0.3) is 0 Å². The molecule has 1 aliphatic heterocycles. The largest absolute Gasteiger partial charge is 0.363 e. The zero-order chi connectivity index (χ0) is 19.2. The molecule has 24 heavy (non-hydrogen) atoms. The monoisotopic (exact) mass is 458 g/mol. The van der Waals surface area contributed by atoms with Gasteiger partial charge in [0.15, 0.2) is 7.59 Å². The van der Waals surface area contributed by atoms with E-state index in [1.54, 1.807) is 6.92 Å². The van der Waals surface area contributed by atoms with E-state index in [0.29, 0.717) is 0 Å². The predicted octanol–water partition coefficient (Wildman–Crippen LogP) is 3.50. The molecule has 5 nitrogen and oxygen atoms in total. The van der Waals surface area contributed by atoms with E-state index in [1.165, 1.54) is 27.1 Å². The SMILES string of the molecule is C[C@H](C(Cl)(Cl)Cl)[C@@]1(O)C(=O)N(C)/C(=C\[C@H](C)C(Cl)(Cl)Cl)C(=O)N1C. The number of amides is 2. The van der Waals surface area contributed by atoms with Crippen LogP contribution in [-0.2, 0) is 9.59 Å². The molecule has 0 aliphatic carbocycles. The maximum absolute atomic E-state index is 12.7. The normalized spacial score (nSPS) is 27.7. The number of alkyl halides is 6. The molecule has 0 aromatic rings. The summed E-state index contributed by atoms with van der Waals surface area (Å²) in [5.74, 6) is -3.40. The van der Waals surface area contributed by atoms with Gasteiger partial charge < -0.3 is 14.9 Å². The lowest BCUT2D eigenvalue weighted by Crippen LogP contribution is -2.69. The second-order valence-corrected chi connectivity index (χ2v) is 10.3. The van der Waals surface area contributed by atoms with Crippen molar-refractivity contribution in [2.75, 3.05) is 14.1 Å². The Labute approximate surface area is 170 Å². The van der Waals surface area contributed by atoms with Gasteiger partial charge >= 0.3 is 0 Å². The maximum atomic E-state index is 12.7. The van der Waals surface area contributed by atoms with Gasteiger partial charge in [0, 0.05) is 20.0 Å². The lowest BCUT2D eigenvalue weighted by atomic mass is 9.92. The quantitative estimate of drug-likeness (QED) is 0.506. The zero-order valence-electron chi connectivity index (χ0n) is 13.2. The number of carbonyl (C=O) groups is 2. The average Bonchev–Trinajstić information content (AvgIpc) is 2.44. The van der Waals surface area contributed by atoms with Crippen molar-refractivity contribution in [3.8, 4) is 0 Å². The third kappa shape index (κ3) is 4.03. The fraction of sp³-hybridized carbons (Fsp3) is 0.692. The fourth-order valence-electron chi connectivity index (χ4n) is 2.19. The third-order valence-electron chi connectivity index (χ3n) is 4.03. The molecule has 0 saturated carbocycles. The van der Waals surface area contributed by atoms with Crippen molar-refractivity contribution >= 4 is 81.4 Å². The number of rotatable bonds is 2. The molecule has 1 saturated heterocycles. The van der Waals surface area contributed by atoms with E-state index in [4.69, 9.17) is 69.6 Å². The minimum Gasteiger partial charge on any atom is -0.363 e. The van der Waals surface area contributed by atoms with Crippen LogP contribution in [0.15, 0.2) is 11.8 Å². The molecule has 0 aromatic carbocycles. The van der Waals surface area contributed by atoms with E-state index >= 15 is 0 Å². The molecule has 0 aromatic heterocycles. The second-order valence-electron chi connectivity index (χ2n) is 5.60. The van der Waals surface area contributed by atoms with Gasteiger partial charge in [-0.15, -0.1) is 0 Å². The van der Waals surface area contributed by atoms with E-state index in [2.05, 4.69) is 0 Å². The molecule has 1 N–H and O–H groups in total. The number of allylic oxidation sites excluding steroid dienone is 1. The third-order valence-corrected chi connectivity index (χ3v) is 6.05. The molecule has 0 radical (unpaired) electrons. The summed E-state index contributed by atoms with van der Waals surface area (Å²) in [7, 11) is 2.54. The summed E-state index contributed by atoms with van der Waals surface area (Å²) < 4.78 is -3.65. The minimum atomic E-state index is -2.34. The molecule has 1 fully saturated rings. The van der Waals surface area contributed by atoms with Gasteiger partial charge in [0.25, 0.3) is 11.8 Å². The first-order valence-corrected chi connectivity index (χ1v) is 8.97. The maximum Gasteiger partial charge on any atom is 0.280 e. The Morgan fingerprint density at radius 2 is 1.50 bits per heavy atom. The number of hydrogen-bond acceptors (Lipinski definition) is 3. The molecule has 1 heterocycles. The second kappa shape index (κ2) is 7.18. The predicted molar refractivity (Wildman–Crippen MR) is 97.5 cm³/mol. The Morgan fingerprint density at radius 1 is 1.04 bits per heavy atom. The van der Waals surface area contributed by atoms with Gasteiger partial charge in [0.2, 0.25) is 5.72 Å². The van der Waals surface area contributed by atoms with E-state index in [9.17, 15) is 14.7 Å². The number of hydrogen-bond donors (Lipinski definition) is 1. The van der Waals surface area contributed by atoms with E-state index in [0.717, 1.165) is 9.80 Å². The summed E-state index contributed by atoms with van der Waals surface area (Å²) in [6.45, 7) is 2.91. The summed E-state index contributed by atoms with van der Waals surface area (Å²) >= 11 is 34.8. The Hall–Kier alpha value is 0.380. The van der Waals surface area contributed by atoms with Crippen LogP contribution in [0.3, 0.4) is 0 Å².